The van der Waals surface area contributed by atoms with E-state index in [0.717, 1.165) is 87.4 Å². The Morgan fingerprint density at radius 1 is 0.937 bits per heavy atom. The number of anilines is 4. The molecule has 3 amide bonds. The molecule has 0 bridgehead atoms. The van der Waals surface area contributed by atoms with Crippen molar-refractivity contribution in [2.24, 2.45) is 0 Å². The molecule has 332 valence electrons. The number of nitrogens with zero attached hydrogens (tertiary/aromatic N) is 8. The van der Waals surface area contributed by atoms with Gasteiger partial charge >= 0.3 is 0 Å². The smallest absolute Gasteiger partial charge is 0.293 e. The second kappa shape index (κ2) is 17.8. The van der Waals surface area contributed by atoms with E-state index >= 15 is 0 Å². The molecule has 0 radical (unpaired) electrons. The number of ether oxygens (including phenoxy) is 2. The molecular weight excluding hydrogens is 828 g/mol. The minimum Gasteiger partial charge on any atom is -0.480 e. The van der Waals surface area contributed by atoms with E-state index in [1.807, 2.05) is 44.2 Å². The summed E-state index contributed by atoms with van der Waals surface area (Å²) in [6.07, 6.45) is 6.69. The van der Waals surface area contributed by atoms with E-state index in [1.54, 1.807) is 28.7 Å². The van der Waals surface area contributed by atoms with Crippen molar-refractivity contribution in [3.63, 3.8) is 0 Å². The van der Waals surface area contributed by atoms with Crippen molar-refractivity contribution in [2.75, 3.05) is 61.0 Å². The van der Waals surface area contributed by atoms with Crippen molar-refractivity contribution < 1.29 is 28.7 Å². The van der Waals surface area contributed by atoms with Crippen LogP contribution in [0.15, 0.2) is 47.4 Å². The van der Waals surface area contributed by atoms with E-state index in [-0.39, 0.29) is 66.7 Å². The Hall–Kier alpha value is -5.65. The fraction of sp³-hybridized carbons (Fsp3) is 0.511. The van der Waals surface area contributed by atoms with Crippen molar-refractivity contribution in [1.82, 2.24) is 34.6 Å². The Labute approximate surface area is 370 Å². The van der Waals surface area contributed by atoms with Gasteiger partial charge in [-0.15, -0.1) is 0 Å². The van der Waals surface area contributed by atoms with Crippen molar-refractivity contribution in [1.29, 1.82) is 0 Å². The molecule has 4 aliphatic heterocycles. The van der Waals surface area contributed by atoms with Crippen LogP contribution in [0, 0.1) is 0 Å². The Morgan fingerprint density at radius 3 is 2.44 bits per heavy atom. The predicted octanol–water partition coefficient (Wildman–Crippen LogP) is 4.62. The van der Waals surface area contributed by atoms with Crippen LogP contribution in [-0.4, -0.2) is 123 Å². The summed E-state index contributed by atoms with van der Waals surface area (Å²) in [6, 6.07) is 10.8. The molecule has 1 aliphatic carbocycles. The summed E-state index contributed by atoms with van der Waals surface area (Å²) in [5.41, 5.74) is 2.40. The van der Waals surface area contributed by atoms with E-state index in [2.05, 4.69) is 30.3 Å². The zero-order valence-corrected chi connectivity index (χ0v) is 36.6. The molecule has 17 nitrogen and oxygen atoms in total. The van der Waals surface area contributed by atoms with E-state index in [1.165, 1.54) is 0 Å². The van der Waals surface area contributed by atoms with Gasteiger partial charge in [0.15, 0.2) is 17.4 Å². The largest absolute Gasteiger partial charge is 0.480 e. The lowest BCUT2D eigenvalue weighted by atomic mass is 9.87. The van der Waals surface area contributed by atoms with Gasteiger partial charge in [0, 0.05) is 75.3 Å². The zero-order valence-electron chi connectivity index (χ0n) is 35.8. The summed E-state index contributed by atoms with van der Waals surface area (Å²) in [4.78, 5) is 85.2. The first-order valence-electron chi connectivity index (χ1n) is 22.1. The van der Waals surface area contributed by atoms with Gasteiger partial charge in [-0.25, -0.2) is 9.97 Å². The monoisotopic (exact) mass is 880 g/mol. The average Bonchev–Trinajstić information content (AvgIpc) is 3.59. The van der Waals surface area contributed by atoms with Gasteiger partial charge in [0.1, 0.15) is 23.5 Å². The predicted molar refractivity (Wildman–Crippen MR) is 237 cm³/mol. The molecule has 7 heterocycles. The second-order valence-corrected chi connectivity index (χ2v) is 17.8. The number of pyridine rings is 2. The lowest BCUT2D eigenvalue weighted by molar-refractivity contribution is -0.137. The van der Waals surface area contributed by atoms with Crippen molar-refractivity contribution >= 4 is 69.3 Å². The number of Topliss-reactive ketones (excluding diaryl/α,β-unsaturated/α-hetero) is 1. The molecule has 5 aliphatic rings. The summed E-state index contributed by atoms with van der Waals surface area (Å²) in [5.74, 6) is 1.03. The number of piperidine rings is 2. The first-order valence-corrected chi connectivity index (χ1v) is 22.5. The molecule has 63 heavy (non-hydrogen) atoms. The van der Waals surface area contributed by atoms with Gasteiger partial charge in [-0.1, -0.05) is 18.5 Å². The van der Waals surface area contributed by atoms with Crippen LogP contribution < -0.4 is 30.7 Å². The zero-order chi connectivity index (χ0) is 43.9. The number of carbonyl (C=O) groups excluding carboxylic acids is 4. The number of hydrogen-bond acceptors (Lipinski definition) is 14. The Bertz CT molecular complexity index is 2490. The lowest BCUT2D eigenvalue weighted by Gasteiger charge is -2.47. The molecule has 4 aromatic rings. The minimum atomic E-state index is -0.650. The van der Waals surface area contributed by atoms with Crippen LogP contribution in [0.2, 0.25) is 5.02 Å². The third-order valence-corrected chi connectivity index (χ3v) is 13.3. The summed E-state index contributed by atoms with van der Waals surface area (Å²) in [6.45, 7) is 10.8. The van der Waals surface area contributed by atoms with Gasteiger partial charge in [-0.3, -0.25) is 34.2 Å². The molecule has 4 fully saturated rings. The van der Waals surface area contributed by atoms with E-state index in [4.69, 9.17) is 31.0 Å². The summed E-state index contributed by atoms with van der Waals surface area (Å²) in [5, 5.41) is 6.85. The van der Waals surface area contributed by atoms with E-state index < -0.39 is 11.9 Å². The number of carbonyl (C=O) groups is 4. The topological polar surface area (TPSA) is 184 Å². The van der Waals surface area contributed by atoms with Crippen LogP contribution in [0.4, 0.5) is 23.3 Å². The van der Waals surface area contributed by atoms with Crippen LogP contribution in [0.5, 0.6) is 5.75 Å². The highest BCUT2D eigenvalue weighted by Crippen LogP contribution is 2.35. The molecule has 1 saturated carbocycles. The van der Waals surface area contributed by atoms with Crippen LogP contribution >= 0.6 is 11.6 Å². The summed E-state index contributed by atoms with van der Waals surface area (Å²) < 4.78 is 13.9. The fourth-order valence-electron chi connectivity index (χ4n) is 9.34. The number of ketones is 1. The van der Waals surface area contributed by atoms with Gasteiger partial charge in [-0.2, -0.15) is 4.98 Å². The third-order valence-electron chi connectivity index (χ3n) is 13.0. The molecular formula is C45H53ClN10O7. The molecule has 2 N–H and O–H groups in total. The van der Waals surface area contributed by atoms with Crippen molar-refractivity contribution in [2.45, 2.75) is 103 Å². The molecule has 3 saturated heterocycles. The maximum atomic E-state index is 13.3. The number of aromatic nitrogens is 4. The normalized spacial score (nSPS) is 22.1. The highest BCUT2D eigenvalue weighted by molar-refractivity contribution is 6.33. The number of rotatable bonds is 13. The molecule has 1 aromatic carbocycles. The third kappa shape index (κ3) is 8.82. The number of amides is 3. The van der Waals surface area contributed by atoms with Crippen LogP contribution in [0.1, 0.15) is 87.8 Å². The molecule has 3 aromatic heterocycles. The maximum absolute atomic E-state index is 13.3. The molecule has 1 atom stereocenters. The van der Waals surface area contributed by atoms with Crippen LogP contribution in [-0.2, 0) is 25.7 Å². The standard InChI is InChI=1S/C45H53ClN10O7/c1-4-30(57)25-62-38-20-27-19-28(5-7-36(27)56(26(2)3)44(38)61)48-41-34(46)23-47-45(51-41)54-13-11-31(12-14-54)63-32-21-29(22-32)52-15-17-53(18-16-52)39-9-6-33-35(49-39)24-55(43(33)60)37-8-10-40(58)50-42(37)59/h5-7,9,19-20,23,26,29,31-32,37H,4,8,10-18,21-22,24-25H2,1-3H3,(H,47,48,51)(H,50,58,59). The number of imide groups is 1. The molecule has 0 spiro atoms. The summed E-state index contributed by atoms with van der Waals surface area (Å²) in [7, 11) is 0. The second-order valence-electron chi connectivity index (χ2n) is 17.4. The molecule has 1 unspecified atom stereocenters. The van der Waals surface area contributed by atoms with E-state index in [9.17, 15) is 24.0 Å². The SMILES string of the molecule is CCC(=O)COc1cc2cc(Nc3nc(N4CCC(OC5CC(N6CCN(c7ccc8c(n7)CN(C7CCC(=O)NC7=O)C8=O)CC6)C5)CC4)ncc3Cl)ccc2n(C(C)C)c1=O. The highest BCUT2D eigenvalue weighted by atomic mass is 35.5. The quantitative estimate of drug-likeness (QED) is 0.177. The van der Waals surface area contributed by atoms with Gasteiger partial charge < -0.3 is 34.1 Å². The number of piperazine rings is 1. The van der Waals surface area contributed by atoms with Gasteiger partial charge in [0.25, 0.3) is 11.5 Å². The number of nitrogens with one attached hydrogen (secondary N) is 2. The Morgan fingerprint density at radius 2 is 1.71 bits per heavy atom. The van der Waals surface area contributed by atoms with Crippen LogP contribution in [0.3, 0.4) is 0 Å². The summed E-state index contributed by atoms with van der Waals surface area (Å²) >= 11 is 6.60. The van der Waals surface area contributed by atoms with Crippen molar-refractivity contribution in [3.8, 4) is 5.75 Å². The fourth-order valence-corrected chi connectivity index (χ4v) is 9.48. The van der Waals surface area contributed by atoms with Gasteiger partial charge in [0.2, 0.25) is 17.8 Å². The van der Waals surface area contributed by atoms with Gasteiger partial charge in [0.05, 0.1) is 41.7 Å². The first kappa shape index (κ1) is 42.6. The van der Waals surface area contributed by atoms with Gasteiger partial charge in [-0.05, 0) is 82.3 Å². The van der Waals surface area contributed by atoms with Crippen LogP contribution in [0.25, 0.3) is 10.9 Å². The van der Waals surface area contributed by atoms with E-state index in [0.29, 0.717) is 46.9 Å². The lowest BCUT2D eigenvalue weighted by Crippen LogP contribution is -2.56. The number of halogens is 1. The number of hydrogen-bond donors (Lipinski definition) is 2. The first-order chi connectivity index (χ1) is 30.4. The van der Waals surface area contributed by atoms with Crippen molar-refractivity contribution in [3.05, 3.63) is 69.2 Å². The number of benzene rings is 1. The molecule has 18 heteroatoms. The average molecular weight is 881 g/mol. The Kier molecular flexibility index (Phi) is 12.1. The Balaban J connectivity index is 0.739. The number of fused-ring (bicyclic) bond motifs is 2. The minimum absolute atomic E-state index is 0.0831. The maximum Gasteiger partial charge on any atom is 0.293 e. The molecule has 9 rings (SSSR count). The highest BCUT2D eigenvalue weighted by Gasteiger charge is 2.41.